The van der Waals surface area contributed by atoms with E-state index in [4.69, 9.17) is 5.73 Å². The average molecular weight is 153 g/mol. The first-order valence-electron chi connectivity index (χ1n) is 4.04. The van der Waals surface area contributed by atoms with Crippen molar-refractivity contribution in [3.8, 4) is 0 Å². The van der Waals surface area contributed by atoms with Crippen molar-refractivity contribution in [3.63, 3.8) is 0 Å². The van der Waals surface area contributed by atoms with Crippen LogP contribution in [0.25, 0.3) is 0 Å². The van der Waals surface area contributed by atoms with Crippen LogP contribution in [-0.4, -0.2) is 0 Å². The Hall–Kier alpha value is -0.720. The second-order valence-electron chi connectivity index (χ2n) is 3.91. The molecule has 0 spiro atoms. The molecular weight excluding hydrogens is 134 g/mol. The smallest absolute Gasteiger partial charge is 0.00484 e. The fourth-order valence-corrected chi connectivity index (χ4v) is 0.897. The molecule has 0 fully saturated rings. The van der Waals surface area contributed by atoms with E-state index in [1.807, 2.05) is 6.08 Å². The van der Waals surface area contributed by atoms with Gasteiger partial charge in [0, 0.05) is 5.70 Å². The number of rotatable bonds is 3. The predicted molar refractivity (Wildman–Crippen MR) is 51.2 cm³/mol. The van der Waals surface area contributed by atoms with Crippen molar-refractivity contribution >= 4 is 0 Å². The first-order valence-corrected chi connectivity index (χ1v) is 4.04. The lowest BCUT2D eigenvalue weighted by molar-refractivity contribution is 0.536. The van der Waals surface area contributed by atoms with Crippen LogP contribution < -0.4 is 5.73 Å². The Balaban J connectivity index is 3.90. The molecule has 0 saturated carbocycles. The number of hydrogen-bond acceptors (Lipinski definition) is 1. The summed E-state index contributed by atoms with van der Waals surface area (Å²) in [7, 11) is 0. The van der Waals surface area contributed by atoms with Crippen LogP contribution in [-0.2, 0) is 0 Å². The molecule has 0 radical (unpaired) electrons. The second-order valence-corrected chi connectivity index (χ2v) is 3.91. The molecule has 0 saturated heterocycles. The molecule has 0 bridgehead atoms. The Labute approximate surface area is 70.0 Å². The highest BCUT2D eigenvalue weighted by atomic mass is 14.6. The second kappa shape index (κ2) is 4.22. The fourth-order valence-electron chi connectivity index (χ4n) is 0.897. The van der Waals surface area contributed by atoms with Crippen LogP contribution in [0.4, 0.5) is 0 Å². The van der Waals surface area contributed by atoms with Crippen molar-refractivity contribution < 1.29 is 0 Å². The minimum atomic E-state index is 0.200. The van der Waals surface area contributed by atoms with Crippen molar-refractivity contribution in [2.75, 3.05) is 0 Å². The summed E-state index contributed by atoms with van der Waals surface area (Å²) >= 11 is 0. The summed E-state index contributed by atoms with van der Waals surface area (Å²) in [4.78, 5) is 0. The van der Waals surface area contributed by atoms with Gasteiger partial charge in [-0.1, -0.05) is 32.9 Å². The number of hydrogen-bond donors (Lipinski definition) is 1. The van der Waals surface area contributed by atoms with E-state index in [2.05, 4.69) is 33.4 Å². The molecule has 0 aliphatic heterocycles. The van der Waals surface area contributed by atoms with E-state index in [1.165, 1.54) is 0 Å². The van der Waals surface area contributed by atoms with Crippen molar-refractivity contribution in [1.29, 1.82) is 0 Å². The van der Waals surface area contributed by atoms with Crippen molar-refractivity contribution in [2.24, 2.45) is 11.1 Å². The van der Waals surface area contributed by atoms with E-state index in [0.717, 1.165) is 18.5 Å². The molecule has 0 atom stereocenters. The molecule has 64 valence electrons. The van der Waals surface area contributed by atoms with Crippen LogP contribution in [0.2, 0.25) is 0 Å². The van der Waals surface area contributed by atoms with E-state index >= 15 is 0 Å². The molecule has 0 aliphatic carbocycles. The molecule has 0 aliphatic rings. The zero-order chi connectivity index (χ0) is 8.91. The normalized spacial score (nSPS) is 13.2. The maximum absolute atomic E-state index is 5.76. The number of nitrogens with two attached hydrogens (primary N) is 1. The van der Waals surface area contributed by atoms with Crippen LogP contribution in [0.5, 0.6) is 0 Å². The van der Waals surface area contributed by atoms with Crippen LogP contribution in [0.15, 0.2) is 24.4 Å². The molecule has 0 amide bonds. The first-order chi connectivity index (χ1) is 4.95. The predicted octanol–water partition coefficient (Wildman–Crippen LogP) is 2.84. The number of allylic oxidation sites excluding steroid dienone is 3. The molecule has 0 rings (SSSR count). The lowest BCUT2D eigenvalue weighted by Crippen LogP contribution is -2.06. The summed E-state index contributed by atoms with van der Waals surface area (Å²) in [6.45, 7) is 10.1. The van der Waals surface area contributed by atoms with E-state index in [1.54, 1.807) is 0 Å². The highest BCUT2D eigenvalue weighted by Gasteiger charge is 2.05. The van der Waals surface area contributed by atoms with Crippen LogP contribution >= 0.6 is 0 Å². The van der Waals surface area contributed by atoms with E-state index in [0.29, 0.717) is 0 Å². The van der Waals surface area contributed by atoms with Gasteiger partial charge in [0.2, 0.25) is 0 Å². The largest absolute Gasteiger partial charge is 0.402 e. The summed E-state index contributed by atoms with van der Waals surface area (Å²) in [6.07, 6.45) is 5.90. The van der Waals surface area contributed by atoms with Gasteiger partial charge in [-0.3, -0.25) is 0 Å². The van der Waals surface area contributed by atoms with Gasteiger partial charge in [-0.2, -0.15) is 0 Å². The van der Waals surface area contributed by atoms with Gasteiger partial charge in [-0.25, -0.2) is 0 Å². The van der Waals surface area contributed by atoms with Gasteiger partial charge in [0.25, 0.3) is 0 Å². The van der Waals surface area contributed by atoms with Gasteiger partial charge in [0.15, 0.2) is 0 Å². The summed E-state index contributed by atoms with van der Waals surface area (Å²) in [6, 6.07) is 0. The standard InChI is InChI=1S/C10H19N/c1-5-6-7-9(11)8-10(2,3)4/h5,8H,1,6-7,11H2,2-4H3/b9-8+. The highest BCUT2D eigenvalue weighted by molar-refractivity contribution is 5.03. The Morgan fingerprint density at radius 1 is 1.45 bits per heavy atom. The van der Waals surface area contributed by atoms with Crippen LogP contribution in [0, 0.1) is 5.41 Å². The topological polar surface area (TPSA) is 26.0 Å². The molecule has 11 heavy (non-hydrogen) atoms. The Kier molecular flexibility index (Phi) is 3.94. The summed E-state index contributed by atoms with van der Waals surface area (Å²) < 4.78 is 0. The lowest BCUT2D eigenvalue weighted by atomic mass is 9.94. The van der Waals surface area contributed by atoms with Gasteiger partial charge in [0.05, 0.1) is 0 Å². The average Bonchev–Trinajstić information content (AvgIpc) is 1.79. The van der Waals surface area contributed by atoms with Gasteiger partial charge in [-0.15, -0.1) is 6.58 Å². The lowest BCUT2D eigenvalue weighted by Gasteiger charge is -2.13. The minimum Gasteiger partial charge on any atom is -0.402 e. The molecule has 0 unspecified atom stereocenters. The monoisotopic (exact) mass is 153 g/mol. The molecular formula is C10H19N. The third-order valence-electron chi connectivity index (χ3n) is 1.26. The molecule has 1 heteroatoms. The van der Waals surface area contributed by atoms with Crippen molar-refractivity contribution in [2.45, 2.75) is 33.6 Å². The minimum absolute atomic E-state index is 0.200. The molecule has 0 aromatic rings. The first kappa shape index (κ1) is 10.3. The molecule has 0 heterocycles. The van der Waals surface area contributed by atoms with Gasteiger partial charge in [-0.05, 0) is 18.3 Å². The van der Waals surface area contributed by atoms with Crippen LogP contribution in [0.3, 0.4) is 0 Å². The van der Waals surface area contributed by atoms with Crippen molar-refractivity contribution in [3.05, 3.63) is 24.4 Å². The maximum atomic E-state index is 5.76. The van der Waals surface area contributed by atoms with E-state index in [9.17, 15) is 0 Å². The van der Waals surface area contributed by atoms with Gasteiger partial charge in [0.1, 0.15) is 0 Å². The highest BCUT2D eigenvalue weighted by Crippen LogP contribution is 2.17. The third-order valence-corrected chi connectivity index (χ3v) is 1.26. The zero-order valence-corrected chi connectivity index (χ0v) is 7.85. The fraction of sp³-hybridized carbons (Fsp3) is 0.600. The Bertz CT molecular complexity index is 149. The summed E-state index contributed by atoms with van der Waals surface area (Å²) in [5.74, 6) is 0. The summed E-state index contributed by atoms with van der Waals surface area (Å²) in [5.41, 5.74) is 6.93. The SMILES string of the molecule is C=CCC/C(N)=C\C(C)(C)C. The molecule has 1 nitrogen and oxygen atoms in total. The molecule has 2 N–H and O–H groups in total. The van der Waals surface area contributed by atoms with Crippen LogP contribution in [0.1, 0.15) is 33.6 Å². The summed E-state index contributed by atoms with van der Waals surface area (Å²) in [5, 5.41) is 0. The van der Waals surface area contributed by atoms with E-state index in [-0.39, 0.29) is 5.41 Å². The zero-order valence-electron chi connectivity index (χ0n) is 7.85. The van der Waals surface area contributed by atoms with Gasteiger partial charge < -0.3 is 5.73 Å². The van der Waals surface area contributed by atoms with Gasteiger partial charge >= 0.3 is 0 Å². The molecule has 0 aromatic carbocycles. The third kappa shape index (κ3) is 7.17. The Morgan fingerprint density at radius 2 is 2.00 bits per heavy atom. The van der Waals surface area contributed by atoms with E-state index < -0.39 is 0 Å². The Morgan fingerprint density at radius 3 is 2.36 bits per heavy atom. The maximum Gasteiger partial charge on any atom is 0.00484 e. The quantitative estimate of drug-likeness (QED) is 0.620. The molecule has 0 aromatic heterocycles. The van der Waals surface area contributed by atoms with Crippen molar-refractivity contribution in [1.82, 2.24) is 0 Å².